The number of nitrogens with zero attached hydrogens (tertiary/aromatic N) is 4. The largest absolute Gasteiger partial charge is 0.416 e. The van der Waals surface area contributed by atoms with Gasteiger partial charge < -0.3 is 9.42 Å². The topological polar surface area (TPSA) is 62.5 Å². The standard InChI is InChI=1S/C19H21F3N4O2/c20-19(21,22)15-6-2-5-14(11-15)17-23-16(28-24-17)12-25-7-9-26(10-8-25)18(27)13-3-1-4-13/h2,5-6,11,13H,1,3-4,7-10,12H2. The van der Waals surface area contributed by atoms with Crippen LogP contribution in [0.5, 0.6) is 0 Å². The average Bonchev–Trinajstić information content (AvgIpc) is 3.09. The average molecular weight is 394 g/mol. The number of halogens is 3. The number of aromatic nitrogens is 2. The molecule has 1 aliphatic carbocycles. The van der Waals surface area contributed by atoms with Crippen molar-refractivity contribution in [3.63, 3.8) is 0 Å². The van der Waals surface area contributed by atoms with E-state index in [0.717, 1.165) is 31.4 Å². The van der Waals surface area contributed by atoms with Gasteiger partial charge in [-0.3, -0.25) is 9.69 Å². The molecular weight excluding hydrogens is 373 g/mol. The molecule has 0 bridgehead atoms. The van der Waals surface area contributed by atoms with Crippen molar-refractivity contribution < 1.29 is 22.5 Å². The Labute approximate surface area is 160 Å². The normalized spacial score (nSPS) is 18.9. The fourth-order valence-corrected chi connectivity index (χ4v) is 3.50. The fourth-order valence-electron chi connectivity index (χ4n) is 3.50. The van der Waals surface area contributed by atoms with Crippen LogP contribution in [0.2, 0.25) is 0 Å². The van der Waals surface area contributed by atoms with Gasteiger partial charge in [-0.1, -0.05) is 23.7 Å². The molecule has 4 rings (SSSR count). The van der Waals surface area contributed by atoms with E-state index in [1.54, 1.807) is 0 Å². The zero-order chi connectivity index (χ0) is 19.7. The summed E-state index contributed by atoms with van der Waals surface area (Å²) >= 11 is 0. The molecule has 1 aromatic heterocycles. The van der Waals surface area contributed by atoms with Crippen molar-refractivity contribution in [2.75, 3.05) is 26.2 Å². The SMILES string of the molecule is O=C(C1CCC1)N1CCN(Cc2nc(-c3cccc(C(F)(F)F)c3)no2)CC1. The second-order valence-electron chi connectivity index (χ2n) is 7.32. The first-order chi connectivity index (χ1) is 13.4. The lowest BCUT2D eigenvalue weighted by Crippen LogP contribution is -2.50. The summed E-state index contributed by atoms with van der Waals surface area (Å²) in [5.41, 5.74) is -0.482. The summed E-state index contributed by atoms with van der Waals surface area (Å²) in [6.07, 6.45) is -1.28. The first-order valence-electron chi connectivity index (χ1n) is 9.41. The van der Waals surface area contributed by atoms with E-state index in [-0.39, 0.29) is 23.2 Å². The van der Waals surface area contributed by atoms with Gasteiger partial charge in [-0.2, -0.15) is 18.2 Å². The molecule has 2 fully saturated rings. The Morgan fingerprint density at radius 2 is 1.93 bits per heavy atom. The lowest BCUT2D eigenvalue weighted by molar-refractivity contribution is -0.140. The van der Waals surface area contributed by atoms with Crippen LogP contribution < -0.4 is 0 Å². The molecule has 6 nitrogen and oxygen atoms in total. The molecule has 0 N–H and O–H groups in total. The maximum absolute atomic E-state index is 12.9. The van der Waals surface area contributed by atoms with E-state index < -0.39 is 11.7 Å². The Hall–Kier alpha value is -2.42. The van der Waals surface area contributed by atoms with Gasteiger partial charge in [0.2, 0.25) is 17.6 Å². The highest BCUT2D eigenvalue weighted by molar-refractivity contribution is 5.79. The Morgan fingerprint density at radius 1 is 1.18 bits per heavy atom. The molecular formula is C19H21F3N4O2. The quantitative estimate of drug-likeness (QED) is 0.797. The molecule has 1 aromatic carbocycles. The summed E-state index contributed by atoms with van der Waals surface area (Å²) < 4.78 is 43.8. The first kappa shape index (κ1) is 18.9. The van der Waals surface area contributed by atoms with Gasteiger partial charge >= 0.3 is 6.18 Å². The lowest BCUT2D eigenvalue weighted by Gasteiger charge is -2.37. The fraction of sp³-hybridized carbons (Fsp3) is 0.526. The molecule has 2 aliphatic rings. The van der Waals surface area contributed by atoms with Gasteiger partial charge in [-0.05, 0) is 25.0 Å². The van der Waals surface area contributed by atoms with Crippen LogP contribution in [0.25, 0.3) is 11.4 Å². The van der Waals surface area contributed by atoms with Gasteiger partial charge in [0.05, 0.1) is 12.1 Å². The van der Waals surface area contributed by atoms with Crippen molar-refractivity contribution in [2.45, 2.75) is 32.0 Å². The zero-order valence-corrected chi connectivity index (χ0v) is 15.3. The Kier molecular flexibility index (Phi) is 5.09. The summed E-state index contributed by atoms with van der Waals surface area (Å²) in [4.78, 5) is 20.5. The van der Waals surface area contributed by atoms with Crippen molar-refractivity contribution in [2.24, 2.45) is 5.92 Å². The summed E-state index contributed by atoms with van der Waals surface area (Å²) in [6.45, 7) is 3.17. The van der Waals surface area contributed by atoms with Crippen LogP contribution in [0, 0.1) is 5.92 Å². The molecule has 2 aromatic rings. The van der Waals surface area contributed by atoms with Crippen molar-refractivity contribution in [3.8, 4) is 11.4 Å². The monoisotopic (exact) mass is 394 g/mol. The molecule has 1 saturated heterocycles. The van der Waals surface area contributed by atoms with Gasteiger partial charge in [0.1, 0.15) is 0 Å². The van der Waals surface area contributed by atoms with Gasteiger partial charge in [-0.25, -0.2) is 0 Å². The molecule has 9 heteroatoms. The number of hydrogen-bond donors (Lipinski definition) is 0. The minimum atomic E-state index is -4.42. The third-order valence-corrected chi connectivity index (χ3v) is 5.41. The van der Waals surface area contributed by atoms with Crippen molar-refractivity contribution in [1.82, 2.24) is 19.9 Å². The maximum atomic E-state index is 12.9. The summed E-state index contributed by atoms with van der Waals surface area (Å²) in [5, 5.41) is 3.82. The number of benzene rings is 1. The van der Waals surface area contributed by atoms with Crippen molar-refractivity contribution in [1.29, 1.82) is 0 Å². The number of hydrogen-bond acceptors (Lipinski definition) is 5. The highest BCUT2D eigenvalue weighted by Crippen LogP contribution is 2.31. The molecule has 1 saturated carbocycles. The Morgan fingerprint density at radius 3 is 2.57 bits per heavy atom. The molecule has 28 heavy (non-hydrogen) atoms. The van der Waals surface area contributed by atoms with E-state index in [2.05, 4.69) is 15.0 Å². The van der Waals surface area contributed by atoms with Gasteiger partial charge in [0.25, 0.3) is 0 Å². The third kappa shape index (κ3) is 4.04. The predicted octanol–water partition coefficient (Wildman–Crippen LogP) is 3.20. The van der Waals surface area contributed by atoms with Crippen LogP contribution in [0.3, 0.4) is 0 Å². The zero-order valence-electron chi connectivity index (χ0n) is 15.3. The Balaban J connectivity index is 1.35. The lowest BCUT2D eigenvalue weighted by atomic mass is 9.84. The summed E-state index contributed by atoms with van der Waals surface area (Å²) in [6, 6.07) is 4.87. The molecule has 150 valence electrons. The van der Waals surface area contributed by atoms with Crippen LogP contribution in [-0.2, 0) is 17.5 Å². The van der Waals surface area contributed by atoms with Crippen LogP contribution in [0.1, 0.15) is 30.7 Å². The highest BCUT2D eigenvalue weighted by atomic mass is 19.4. The van der Waals surface area contributed by atoms with Crippen LogP contribution in [0.4, 0.5) is 13.2 Å². The molecule has 0 unspecified atom stereocenters. The van der Waals surface area contributed by atoms with Crippen LogP contribution >= 0.6 is 0 Å². The smallest absolute Gasteiger partial charge is 0.340 e. The first-order valence-corrected chi connectivity index (χ1v) is 9.41. The number of carbonyl (C=O) groups is 1. The minimum Gasteiger partial charge on any atom is -0.340 e. The number of alkyl halides is 3. The van der Waals surface area contributed by atoms with E-state index in [1.165, 1.54) is 12.1 Å². The van der Waals surface area contributed by atoms with Gasteiger partial charge in [-0.15, -0.1) is 0 Å². The maximum Gasteiger partial charge on any atom is 0.416 e. The molecule has 0 spiro atoms. The minimum absolute atomic E-state index is 0.139. The van der Waals surface area contributed by atoms with E-state index in [4.69, 9.17) is 4.52 Å². The highest BCUT2D eigenvalue weighted by Gasteiger charge is 2.32. The van der Waals surface area contributed by atoms with Crippen LogP contribution in [-0.4, -0.2) is 52.0 Å². The van der Waals surface area contributed by atoms with E-state index in [9.17, 15) is 18.0 Å². The molecule has 1 aliphatic heterocycles. The molecule has 0 radical (unpaired) electrons. The second kappa shape index (κ2) is 7.54. The number of amides is 1. The number of rotatable bonds is 4. The van der Waals surface area contributed by atoms with E-state index in [0.29, 0.717) is 38.6 Å². The van der Waals surface area contributed by atoms with Gasteiger partial charge in [0.15, 0.2) is 0 Å². The Bertz CT molecular complexity index is 840. The number of carbonyl (C=O) groups excluding carboxylic acids is 1. The molecule has 0 atom stereocenters. The van der Waals surface area contributed by atoms with E-state index >= 15 is 0 Å². The predicted molar refractivity (Wildman–Crippen MR) is 93.9 cm³/mol. The molecule has 1 amide bonds. The van der Waals surface area contributed by atoms with Crippen LogP contribution in [0.15, 0.2) is 28.8 Å². The van der Waals surface area contributed by atoms with Crippen molar-refractivity contribution in [3.05, 3.63) is 35.7 Å². The third-order valence-electron chi connectivity index (χ3n) is 5.41. The molecule has 2 heterocycles. The van der Waals surface area contributed by atoms with Crippen molar-refractivity contribution >= 4 is 5.91 Å². The van der Waals surface area contributed by atoms with Gasteiger partial charge in [0, 0.05) is 37.7 Å². The second-order valence-corrected chi connectivity index (χ2v) is 7.32. The number of piperazine rings is 1. The summed E-state index contributed by atoms with van der Waals surface area (Å²) in [5.74, 6) is 0.958. The summed E-state index contributed by atoms with van der Waals surface area (Å²) in [7, 11) is 0. The van der Waals surface area contributed by atoms with E-state index in [1.807, 2.05) is 4.90 Å².